The molecule has 0 spiro atoms. The van der Waals surface area contributed by atoms with Gasteiger partial charge in [-0.05, 0) is 19.1 Å². The van der Waals surface area contributed by atoms with Gasteiger partial charge in [0.2, 0.25) is 12.1 Å². The maximum absolute atomic E-state index is 12.7. The zero-order valence-corrected chi connectivity index (χ0v) is 13.8. The van der Waals surface area contributed by atoms with Gasteiger partial charge in [-0.1, -0.05) is 17.7 Å². The molecule has 1 aromatic rings. The van der Waals surface area contributed by atoms with Crippen LogP contribution < -0.4 is 0 Å². The van der Waals surface area contributed by atoms with Crippen molar-refractivity contribution in [3.05, 3.63) is 35.4 Å². The Morgan fingerprint density at radius 2 is 1.88 bits per heavy atom. The Hall–Kier alpha value is -2.90. The normalized spacial score (nSPS) is 26.0. The second kappa shape index (κ2) is 5.33. The summed E-state index contributed by atoms with van der Waals surface area (Å²) < 4.78 is 11.0. The standard InChI is InChI=1S/C16H17N3O5/c1-9-5-7-11(8-6-9)12-17-16(24-10(2)20)13(21)18(3)15(22)19(4)14(16)23-12/h5-8,14H,1-4H3. The van der Waals surface area contributed by atoms with Crippen LogP contribution in [0.3, 0.4) is 0 Å². The fourth-order valence-electron chi connectivity index (χ4n) is 2.74. The molecule has 24 heavy (non-hydrogen) atoms. The van der Waals surface area contributed by atoms with Crippen LogP contribution in [0.2, 0.25) is 0 Å². The van der Waals surface area contributed by atoms with E-state index in [0.717, 1.165) is 10.5 Å². The summed E-state index contributed by atoms with van der Waals surface area (Å²) in [5.74, 6) is -1.29. The maximum atomic E-state index is 12.7. The number of urea groups is 1. The molecule has 3 rings (SSSR count). The van der Waals surface area contributed by atoms with Gasteiger partial charge < -0.3 is 9.47 Å². The van der Waals surface area contributed by atoms with E-state index in [2.05, 4.69) is 4.99 Å². The summed E-state index contributed by atoms with van der Waals surface area (Å²) in [4.78, 5) is 42.7. The molecule has 126 valence electrons. The van der Waals surface area contributed by atoms with Crippen molar-refractivity contribution in [2.45, 2.75) is 25.8 Å². The third kappa shape index (κ3) is 2.22. The second-order valence-corrected chi connectivity index (χ2v) is 5.80. The second-order valence-electron chi connectivity index (χ2n) is 5.80. The van der Waals surface area contributed by atoms with Crippen molar-refractivity contribution in [1.82, 2.24) is 9.80 Å². The number of esters is 1. The zero-order valence-electron chi connectivity index (χ0n) is 13.8. The van der Waals surface area contributed by atoms with Crippen LogP contribution in [0, 0.1) is 6.92 Å². The Labute approximate surface area is 138 Å². The number of rotatable bonds is 2. The van der Waals surface area contributed by atoms with Crippen LogP contribution in [0.5, 0.6) is 0 Å². The van der Waals surface area contributed by atoms with E-state index in [1.165, 1.54) is 25.9 Å². The topological polar surface area (TPSA) is 88.5 Å². The molecule has 0 N–H and O–H groups in total. The molecule has 2 aliphatic rings. The summed E-state index contributed by atoms with van der Waals surface area (Å²) in [6.07, 6.45) is -1.14. The first-order valence-corrected chi connectivity index (χ1v) is 7.34. The van der Waals surface area contributed by atoms with E-state index < -0.39 is 29.9 Å². The van der Waals surface area contributed by atoms with Gasteiger partial charge in [-0.3, -0.25) is 19.4 Å². The number of benzene rings is 1. The zero-order chi connectivity index (χ0) is 17.6. The SMILES string of the molecule is CC(=O)OC12N=C(c3ccc(C)cc3)OC1N(C)C(=O)N(C)C2=O. The van der Waals surface area contributed by atoms with E-state index in [0.29, 0.717) is 5.56 Å². The van der Waals surface area contributed by atoms with Crippen LogP contribution in [0.25, 0.3) is 0 Å². The van der Waals surface area contributed by atoms with E-state index in [1.807, 2.05) is 19.1 Å². The molecule has 2 aliphatic heterocycles. The van der Waals surface area contributed by atoms with Gasteiger partial charge in [-0.25, -0.2) is 4.79 Å². The number of imide groups is 1. The van der Waals surface area contributed by atoms with E-state index in [-0.39, 0.29) is 5.90 Å². The lowest BCUT2D eigenvalue weighted by molar-refractivity contribution is -0.192. The molecule has 1 fully saturated rings. The fraction of sp³-hybridized carbons (Fsp3) is 0.375. The molecule has 3 amide bonds. The average Bonchev–Trinajstić information content (AvgIpc) is 2.91. The van der Waals surface area contributed by atoms with Gasteiger partial charge in [-0.2, -0.15) is 4.99 Å². The molecular formula is C16H17N3O5. The first-order valence-electron chi connectivity index (χ1n) is 7.34. The molecule has 2 atom stereocenters. The predicted molar refractivity (Wildman–Crippen MR) is 83.0 cm³/mol. The summed E-state index contributed by atoms with van der Waals surface area (Å²) in [6, 6.07) is 6.73. The Morgan fingerprint density at radius 1 is 1.25 bits per heavy atom. The van der Waals surface area contributed by atoms with E-state index in [4.69, 9.17) is 9.47 Å². The van der Waals surface area contributed by atoms with Crippen LogP contribution >= 0.6 is 0 Å². The quantitative estimate of drug-likeness (QED) is 0.751. The number of fused-ring (bicyclic) bond motifs is 1. The van der Waals surface area contributed by atoms with E-state index in [9.17, 15) is 14.4 Å². The number of amides is 3. The summed E-state index contributed by atoms with van der Waals surface area (Å²) in [5.41, 5.74) is -0.255. The smallest absolute Gasteiger partial charge is 0.342 e. The first-order chi connectivity index (χ1) is 11.3. The fourth-order valence-corrected chi connectivity index (χ4v) is 2.74. The average molecular weight is 331 g/mol. The van der Waals surface area contributed by atoms with Crippen molar-refractivity contribution in [2.24, 2.45) is 4.99 Å². The number of hydrogen-bond acceptors (Lipinski definition) is 6. The van der Waals surface area contributed by atoms with E-state index >= 15 is 0 Å². The Bertz CT molecular complexity index is 757. The highest BCUT2D eigenvalue weighted by molar-refractivity contribution is 6.07. The summed E-state index contributed by atoms with van der Waals surface area (Å²) >= 11 is 0. The lowest BCUT2D eigenvalue weighted by Crippen LogP contribution is -2.68. The van der Waals surface area contributed by atoms with Crippen molar-refractivity contribution in [3.8, 4) is 0 Å². The predicted octanol–water partition coefficient (Wildman–Crippen LogP) is 0.881. The van der Waals surface area contributed by atoms with Crippen molar-refractivity contribution < 1.29 is 23.9 Å². The number of aryl methyl sites for hydroxylation is 1. The molecule has 8 nitrogen and oxygen atoms in total. The molecule has 8 heteroatoms. The van der Waals surface area contributed by atoms with Crippen LogP contribution in [0.15, 0.2) is 29.3 Å². The summed E-state index contributed by atoms with van der Waals surface area (Å²) in [6.45, 7) is 3.11. The number of carbonyl (C=O) groups excluding carboxylic acids is 3. The molecule has 0 saturated carbocycles. The number of likely N-dealkylation sites (N-methyl/N-ethyl adjacent to an activating group) is 2. The van der Waals surface area contributed by atoms with Gasteiger partial charge in [0.05, 0.1) is 0 Å². The van der Waals surface area contributed by atoms with Gasteiger partial charge >= 0.3 is 23.6 Å². The lowest BCUT2D eigenvalue weighted by atomic mass is 10.1. The third-order valence-electron chi connectivity index (χ3n) is 3.97. The van der Waals surface area contributed by atoms with Gasteiger partial charge in [0, 0.05) is 26.6 Å². The molecule has 1 saturated heterocycles. The first kappa shape index (κ1) is 16.0. The summed E-state index contributed by atoms with van der Waals surface area (Å²) in [7, 11) is 2.77. The highest BCUT2D eigenvalue weighted by Crippen LogP contribution is 2.37. The Kier molecular flexibility index (Phi) is 3.55. The number of carbonyl (C=O) groups is 3. The molecule has 1 aromatic carbocycles. The maximum Gasteiger partial charge on any atom is 0.342 e. The molecule has 2 unspecified atom stereocenters. The minimum atomic E-state index is -1.93. The monoisotopic (exact) mass is 331 g/mol. The van der Waals surface area contributed by atoms with Crippen LogP contribution in [-0.4, -0.2) is 59.7 Å². The lowest BCUT2D eigenvalue weighted by Gasteiger charge is -2.41. The van der Waals surface area contributed by atoms with Gasteiger partial charge in [0.15, 0.2) is 0 Å². The molecule has 0 aliphatic carbocycles. The minimum absolute atomic E-state index is 0.143. The number of nitrogens with zero attached hydrogens (tertiary/aromatic N) is 3. The number of hydrogen-bond donors (Lipinski definition) is 0. The van der Waals surface area contributed by atoms with Crippen molar-refractivity contribution in [1.29, 1.82) is 0 Å². The number of aliphatic imine (C=N–C) groups is 1. The van der Waals surface area contributed by atoms with Crippen LogP contribution in [0.4, 0.5) is 4.79 Å². The highest BCUT2D eigenvalue weighted by Gasteiger charge is 2.64. The molecule has 0 aromatic heterocycles. The molecule has 0 bridgehead atoms. The third-order valence-corrected chi connectivity index (χ3v) is 3.97. The van der Waals surface area contributed by atoms with E-state index in [1.54, 1.807) is 12.1 Å². The molecule has 2 heterocycles. The molecular weight excluding hydrogens is 314 g/mol. The molecule has 0 radical (unpaired) electrons. The largest absolute Gasteiger partial charge is 0.446 e. The van der Waals surface area contributed by atoms with Gasteiger partial charge in [0.1, 0.15) is 0 Å². The Morgan fingerprint density at radius 3 is 2.46 bits per heavy atom. The van der Waals surface area contributed by atoms with Gasteiger partial charge in [-0.15, -0.1) is 0 Å². The minimum Gasteiger partial charge on any atom is -0.446 e. The van der Waals surface area contributed by atoms with Crippen molar-refractivity contribution in [3.63, 3.8) is 0 Å². The number of ether oxygens (including phenoxy) is 2. The van der Waals surface area contributed by atoms with Crippen LogP contribution in [-0.2, 0) is 19.1 Å². The van der Waals surface area contributed by atoms with Crippen molar-refractivity contribution >= 4 is 23.8 Å². The summed E-state index contributed by atoms with van der Waals surface area (Å²) in [5, 5.41) is 0. The Balaban J connectivity index is 2.10. The van der Waals surface area contributed by atoms with Crippen LogP contribution in [0.1, 0.15) is 18.1 Å². The van der Waals surface area contributed by atoms with Crippen molar-refractivity contribution in [2.75, 3.05) is 14.1 Å². The highest BCUT2D eigenvalue weighted by atomic mass is 16.6. The van der Waals surface area contributed by atoms with Gasteiger partial charge in [0.25, 0.3) is 0 Å².